The lowest BCUT2D eigenvalue weighted by Gasteiger charge is -2.28. The SMILES string of the molecule is O[C@@H]1CO[C@H]2C1OC[C@H]2Oc1cc2nc(-c3ccc(N4CCOCC4)cc3)c(Cl)c(F)c2[nH]1. The summed E-state index contributed by atoms with van der Waals surface area (Å²) in [7, 11) is 0. The molecule has 3 fully saturated rings. The van der Waals surface area contributed by atoms with E-state index in [-0.39, 0.29) is 29.9 Å². The number of pyridine rings is 1. The number of aliphatic hydroxyl groups excluding tert-OH is 1. The Balaban J connectivity index is 1.27. The molecule has 0 aliphatic carbocycles. The Labute approximate surface area is 194 Å². The van der Waals surface area contributed by atoms with Gasteiger partial charge >= 0.3 is 0 Å². The van der Waals surface area contributed by atoms with Gasteiger partial charge in [0.2, 0.25) is 0 Å². The molecule has 174 valence electrons. The van der Waals surface area contributed by atoms with Crippen molar-refractivity contribution in [1.29, 1.82) is 0 Å². The van der Waals surface area contributed by atoms with E-state index in [1.807, 2.05) is 24.3 Å². The quantitative estimate of drug-likeness (QED) is 0.599. The number of morpholine rings is 1. The van der Waals surface area contributed by atoms with Crippen molar-refractivity contribution in [3.8, 4) is 17.1 Å². The van der Waals surface area contributed by atoms with Crippen LogP contribution in [0.15, 0.2) is 30.3 Å². The van der Waals surface area contributed by atoms with Crippen molar-refractivity contribution in [1.82, 2.24) is 9.97 Å². The molecule has 3 aliphatic heterocycles. The summed E-state index contributed by atoms with van der Waals surface area (Å²) in [6.45, 7) is 3.57. The van der Waals surface area contributed by atoms with Gasteiger partial charge in [-0.15, -0.1) is 0 Å². The van der Waals surface area contributed by atoms with Crippen molar-refractivity contribution in [3.05, 3.63) is 41.2 Å². The first-order valence-corrected chi connectivity index (χ1v) is 11.3. The highest BCUT2D eigenvalue weighted by atomic mass is 35.5. The van der Waals surface area contributed by atoms with E-state index in [1.54, 1.807) is 6.07 Å². The highest BCUT2D eigenvalue weighted by Crippen LogP contribution is 2.36. The lowest BCUT2D eigenvalue weighted by Crippen LogP contribution is -2.36. The van der Waals surface area contributed by atoms with Gasteiger partial charge in [-0.3, -0.25) is 0 Å². The van der Waals surface area contributed by atoms with Gasteiger partial charge in [0.25, 0.3) is 0 Å². The van der Waals surface area contributed by atoms with Crippen molar-refractivity contribution < 1.29 is 28.4 Å². The first kappa shape index (κ1) is 21.1. The number of hydrogen-bond acceptors (Lipinski definition) is 7. The molecular weight excluding hydrogens is 453 g/mol. The molecule has 0 spiro atoms. The second-order valence-electron chi connectivity index (χ2n) is 8.45. The first-order chi connectivity index (χ1) is 16.1. The van der Waals surface area contributed by atoms with Gasteiger partial charge in [0.05, 0.1) is 37.6 Å². The Morgan fingerprint density at radius 3 is 2.67 bits per heavy atom. The molecule has 6 rings (SSSR count). The average molecular weight is 476 g/mol. The van der Waals surface area contributed by atoms with E-state index in [0.29, 0.717) is 30.3 Å². The van der Waals surface area contributed by atoms with E-state index >= 15 is 4.39 Å². The molecule has 3 saturated heterocycles. The number of aromatic amines is 1. The molecule has 3 aromatic rings. The van der Waals surface area contributed by atoms with Gasteiger partial charge in [-0.25, -0.2) is 9.37 Å². The number of hydrogen-bond donors (Lipinski definition) is 2. The fraction of sp³-hybridized carbons (Fsp3) is 0.435. The van der Waals surface area contributed by atoms with Gasteiger partial charge in [-0.05, 0) is 12.1 Å². The second kappa shape index (κ2) is 8.41. The number of halogens is 2. The van der Waals surface area contributed by atoms with Crippen LogP contribution in [0.25, 0.3) is 22.3 Å². The summed E-state index contributed by atoms with van der Waals surface area (Å²) in [4.78, 5) is 9.76. The number of anilines is 1. The maximum Gasteiger partial charge on any atom is 0.194 e. The van der Waals surface area contributed by atoms with E-state index in [2.05, 4.69) is 14.9 Å². The summed E-state index contributed by atoms with van der Waals surface area (Å²) in [5, 5.41) is 9.84. The minimum absolute atomic E-state index is 0.0541. The Hall–Kier alpha value is -2.43. The van der Waals surface area contributed by atoms with Crippen LogP contribution in [-0.2, 0) is 14.2 Å². The maximum absolute atomic E-state index is 15.1. The van der Waals surface area contributed by atoms with Gasteiger partial charge in [0.1, 0.15) is 28.9 Å². The third kappa shape index (κ3) is 3.74. The number of nitrogens with zero attached hydrogens (tertiary/aromatic N) is 2. The van der Waals surface area contributed by atoms with Crippen LogP contribution < -0.4 is 9.64 Å². The Morgan fingerprint density at radius 1 is 1.12 bits per heavy atom. The zero-order chi connectivity index (χ0) is 22.5. The number of fused-ring (bicyclic) bond motifs is 2. The van der Waals surface area contributed by atoms with Gasteiger partial charge in [0.15, 0.2) is 17.8 Å². The minimum Gasteiger partial charge on any atom is -0.470 e. The fourth-order valence-corrected chi connectivity index (χ4v) is 4.92. The molecule has 3 aliphatic rings. The number of ether oxygens (including phenoxy) is 4. The number of nitrogens with one attached hydrogen (secondary N) is 1. The van der Waals surface area contributed by atoms with Crippen LogP contribution in [0.2, 0.25) is 5.02 Å². The molecule has 0 saturated carbocycles. The van der Waals surface area contributed by atoms with Crippen molar-refractivity contribution >= 4 is 28.3 Å². The topological polar surface area (TPSA) is 89.1 Å². The molecular formula is C23H23ClFN3O5. The second-order valence-corrected chi connectivity index (χ2v) is 8.83. The average Bonchev–Trinajstić information content (AvgIpc) is 3.54. The third-order valence-electron chi connectivity index (χ3n) is 6.40. The Morgan fingerprint density at radius 2 is 1.88 bits per heavy atom. The first-order valence-electron chi connectivity index (χ1n) is 11.0. The number of aromatic nitrogens is 2. The zero-order valence-corrected chi connectivity index (χ0v) is 18.4. The van der Waals surface area contributed by atoms with E-state index in [9.17, 15) is 5.11 Å². The molecule has 5 heterocycles. The number of aliphatic hydroxyl groups is 1. The van der Waals surface area contributed by atoms with Gasteiger partial charge in [-0.2, -0.15) is 0 Å². The fourth-order valence-electron chi connectivity index (χ4n) is 4.67. The molecule has 0 bridgehead atoms. The van der Waals surface area contributed by atoms with Crippen LogP contribution in [0.3, 0.4) is 0 Å². The molecule has 0 radical (unpaired) electrons. The lowest BCUT2D eigenvalue weighted by molar-refractivity contribution is 0.00794. The van der Waals surface area contributed by atoms with Gasteiger partial charge in [-0.1, -0.05) is 23.7 Å². The Bertz CT molecular complexity index is 1170. The van der Waals surface area contributed by atoms with Crippen molar-refractivity contribution in [2.24, 2.45) is 0 Å². The molecule has 33 heavy (non-hydrogen) atoms. The van der Waals surface area contributed by atoms with Crippen molar-refractivity contribution in [3.63, 3.8) is 0 Å². The van der Waals surface area contributed by atoms with E-state index < -0.39 is 24.1 Å². The van der Waals surface area contributed by atoms with Crippen LogP contribution in [-0.4, -0.2) is 79.0 Å². The highest BCUT2D eigenvalue weighted by molar-refractivity contribution is 6.33. The van der Waals surface area contributed by atoms with Crippen LogP contribution >= 0.6 is 11.6 Å². The van der Waals surface area contributed by atoms with Crippen LogP contribution in [0, 0.1) is 5.82 Å². The summed E-state index contributed by atoms with van der Waals surface area (Å²) in [6, 6.07) is 9.40. The standard InChI is InChI=1S/C23H23ClFN3O5/c24-18-19(25)21-14(9-17(27-21)33-16-11-32-22-15(29)10-31-23(16)22)26-20(18)12-1-3-13(4-2-12)28-5-7-30-8-6-28/h1-4,9,15-16,22-23,27,29H,5-8,10-11H2/t15-,16-,22?,23-/m1/s1. The summed E-state index contributed by atoms with van der Waals surface area (Å²) in [5.41, 5.74) is 2.75. The number of benzene rings is 1. The number of rotatable bonds is 4. The highest BCUT2D eigenvalue weighted by Gasteiger charge is 2.48. The largest absolute Gasteiger partial charge is 0.470 e. The van der Waals surface area contributed by atoms with Crippen molar-refractivity contribution in [2.45, 2.75) is 24.4 Å². The monoisotopic (exact) mass is 475 g/mol. The molecule has 1 unspecified atom stereocenters. The lowest BCUT2D eigenvalue weighted by atomic mass is 10.1. The summed E-state index contributed by atoms with van der Waals surface area (Å²) >= 11 is 6.37. The molecule has 2 N–H and O–H groups in total. The van der Waals surface area contributed by atoms with Crippen LogP contribution in [0.1, 0.15) is 0 Å². The Kier molecular flexibility index (Phi) is 5.38. The van der Waals surface area contributed by atoms with E-state index in [1.165, 1.54) is 0 Å². The number of H-pyrrole nitrogens is 1. The molecule has 1 aromatic carbocycles. The summed E-state index contributed by atoms with van der Waals surface area (Å²) < 4.78 is 37.7. The van der Waals surface area contributed by atoms with Crippen molar-refractivity contribution in [2.75, 3.05) is 44.4 Å². The van der Waals surface area contributed by atoms with Crippen LogP contribution in [0.4, 0.5) is 10.1 Å². The summed E-state index contributed by atoms with van der Waals surface area (Å²) in [6.07, 6.45) is -1.85. The van der Waals surface area contributed by atoms with Gasteiger partial charge < -0.3 is 33.9 Å². The molecule has 0 amide bonds. The zero-order valence-electron chi connectivity index (χ0n) is 17.7. The van der Waals surface area contributed by atoms with Crippen LogP contribution in [0.5, 0.6) is 5.88 Å². The molecule has 8 nitrogen and oxygen atoms in total. The molecule has 4 atom stereocenters. The van der Waals surface area contributed by atoms with E-state index in [0.717, 1.165) is 24.3 Å². The summed E-state index contributed by atoms with van der Waals surface area (Å²) in [5.74, 6) is -0.247. The minimum atomic E-state index is -0.665. The smallest absolute Gasteiger partial charge is 0.194 e. The predicted molar refractivity (Wildman–Crippen MR) is 119 cm³/mol. The normalized spacial score (nSPS) is 27.3. The van der Waals surface area contributed by atoms with E-state index in [4.69, 9.17) is 30.5 Å². The predicted octanol–water partition coefficient (Wildman–Crippen LogP) is 2.76. The maximum atomic E-state index is 15.1. The van der Waals surface area contributed by atoms with Gasteiger partial charge in [0, 0.05) is 30.4 Å². The molecule has 10 heteroatoms. The molecule has 2 aromatic heterocycles. The third-order valence-corrected chi connectivity index (χ3v) is 6.75.